The highest BCUT2D eigenvalue weighted by molar-refractivity contribution is 5.17. The van der Waals surface area contributed by atoms with Crippen LogP contribution in [0.3, 0.4) is 0 Å². The molecule has 0 saturated carbocycles. The fourth-order valence-corrected chi connectivity index (χ4v) is 0.767. The minimum atomic E-state index is -4.49. The zero-order valence-corrected chi connectivity index (χ0v) is 7.23. The van der Waals surface area contributed by atoms with E-state index >= 15 is 0 Å². The van der Waals surface area contributed by atoms with Crippen LogP contribution in [-0.2, 0) is 0 Å². The van der Waals surface area contributed by atoms with E-state index in [0.717, 1.165) is 6.07 Å². The third-order valence-corrected chi connectivity index (χ3v) is 1.33. The Bertz CT molecular complexity index is 324. The van der Waals surface area contributed by atoms with Gasteiger partial charge in [-0.2, -0.15) is 13.2 Å². The van der Waals surface area contributed by atoms with Crippen molar-refractivity contribution in [1.29, 1.82) is 0 Å². The largest absolute Gasteiger partial charge is 0.466 e. The van der Waals surface area contributed by atoms with E-state index in [1.807, 2.05) is 0 Å². The van der Waals surface area contributed by atoms with Crippen LogP contribution in [0.5, 0.6) is 5.88 Å². The maximum Gasteiger partial charge on any atom is 0.422 e. The minimum absolute atomic E-state index is 0.392. The molecule has 78 valence electrons. The summed E-state index contributed by atoms with van der Waals surface area (Å²) in [6, 6.07) is 2.35. The van der Waals surface area contributed by atoms with Crippen molar-refractivity contribution in [1.82, 2.24) is 4.98 Å². The van der Waals surface area contributed by atoms with Crippen LogP contribution in [0.15, 0.2) is 12.1 Å². The number of ether oxygens (including phenoxy) is 1. The van der Waals surface area contributed by atoms with Gasteiger partial charge in [0.15, 0.2) is 12.4 Å². The van der Waals surface area contributed by atoms with Crippen LogP contribution in [0.2, 0.25) is 0 Å². The molecule has 0 unspecified atom stereocenters. The van der Waals surface area contributed by atoms with E-state index in [0.29, 0.717) is 5.69 Å². The van der Waals surface area contributed by atoms with Gasteiger partial charge in [0.1, 0.15) is 0 Å². The number of pyridine rings is 1. The number of halogens is 4. The van der Waals surface area contributed by atoms with Gasteiger partial charge in [-0.3, -0.25) is 0 Å². The maximum absolute atomic E-state index is 12.8. The highest BCUT2D eigenvalue weighted by Gasteiger charge is 2.29. The normalized spacial score (nSPS) is 11.5. The van der Waals surface area contributed by atoms with Crippen LogP contribution in [0.4, 0.5) is 17.6 Å². The van der Waals surface area contributed by atoms with Gasteiger partial charge in [0.2, 0.25) is 0 Å². The quantitative estimate of drug-likeness (QED) is 0.698. The van der Waals surface area contributed by atoms with Crippen LogP contribution in [0.25, 0.3) is 0 Å². The molecule has 0 saturated heterocycles. The first-order valence-corrected chi connectivity index (χ1v) is 3.71. The van der Waals surface area contributed by atoms with Crippen molar-refractivity contribution in [3.63, 3.8) is 0 Å². The van der Waals surface area contributed by atoms with Crippen molar-refractivity contribution < 1.29 is 22.3 Å². The van der Waals surface area contributed by atoms with Crippen molar-refractivity contribution in [2.24, 2.45) is 0 Å². The monoisotopic (exact) mass is 209 g/mol. The molecule has 1 rings (SSSR count). The van der Waals surface area contributed by atoms with E-state index in [2.05, 4.69) is 9.72 Å². The Morgan fingerprint density at radius 2 is 2.00 bits per heavy atom. The van der Waals surface area contributed by atoms with Crippen LogP contribution < -0.4 is 4.74 Å². The Balaban J connectivity index is 2.72. The van der Waals surface area contributed by atoms with Gasteiger partial charge in [-0.05, 0) is 19.1 Å². The Hall–Kier alpha value is -1.33. The SMILES string of the molecule is Cc1ccc(F)c(OCC(F)(F)F)n1. The van der Waals surface area contributed by atoms with Gasteiger partial charge in [0.25, 0.3) is 5.88 Å². The zero-order valence-electron chi connectivity index (χ0n) is 7.23. The van der Waals surface area contributed by atoms with Gasteiger partial charge < -0.3 is 4.74 Å². The Morgan fingerprint density at radius 1 is 1.36 bits per heavy atom. The summed E-state index contributed by atoms with van der Waals surface area (Å²) in [5.41, 5.74) is 0.392. The molecule has 0 atom stereocenters. The van der Waals surface area contributed by atoms with E-state index in [-0.39, 0.29) is 0 Å². The molecule has 2 nitrogen and oxygen atoms in total. The van der Waals surface area contributed by atoms with Crippen molar-refractivity contribution in [2.75, 3.05) is 6.61 Å². The van der Waals surface area contributed by atoms with Crippen LogP contribution >= 0.6 is 0 Å². The van der Waals surface area contributed by atoms with Crippen LogP contribution in [0, 0.1) is 12.7 Å². The van der Waals surface area contributed by atoms with Gasteiger partial charge in [-0.25, -0.2) is 9.37 Å². The van der Waals surface area contributed by atoms with Crippen molar-refractivity contribution in [3.05, 3.63) is 23.6 Å². The predicted molar refractivity (Wildman–Crippen MR) is 40.5 cm³/mol. The summed E-state index contributed by atoms with van der Waals surface area (Å²) in [5.74, 6) is -1.53. The van der Waals surface area contributed by atoms with Gasteiger partial charge >= 0.3 is 6.18 Å². The van der Waals surface area contributed by atoms with Crippen molar-refractivity contribution in [3.8, 4) is 5.88 Å². The molecule has 0 amide bonds. The molecule has 1 heterocycles. The minimum Gasteiger partial charge on any atom is -0.466 e. The van der Waals surface area contributed by atoms with E-state index in [4.69, 9.17) is 0 Å². The van der Waals surface area contributed by atoms with E-state index in [9.17, 15) is 17.6 Å². The first kappa shape index (κ1) is 10.7. The van der Waals surface area contributed by atoms with Gasteiger partial charge in [-0.1, -0.05) is 0 Å². The third kappa shape index (κ3) is 3.20. The number of aromatic nitrogens is 1. The summed E-state index contributed by atoms with van der Waals surface area (Å²) < 4.78 is 52.1. The molecule has 0 aliphatic heterocycles. The number of nitrogens with zero attached hydrogens (tertiary/aromatic N) is 1. The molecular weight excluding hydrogens is 202 g/mol. The summed E-state index contributed by atoms with van der Waals surface area (Å²) in [4.78, 5) is 3.48. The lowest BCUT2D eigenvalue weighted by atomic mass is 10.4. The molecule has 14 heavy (non-hydrogen) atoms. The summed E-state index contributed by atoms with van der Waals surface area (Å²) in [6.07, 6.45) is -4.49. The number of aryl methyl sites for hydroxylation is 1. The molecule has 6 heteroatoms. The second-order valence-electron chi connectivity index (χ2n) is 2.64. The van der Waals surface area contributed by atoms with Crippen molar-refractivity contribution >= 4 is 0 Å². The Morgan fingerprint density at radius 3 is 2.57 bits per heavy atom. The van der Waals surface area contributed by atoms with Gasteiger partial charge in [-0.15, -0.1) is 0 Å². The first-order valence-electron chi connectivity index (χ1n) is 3.71. The molecule has 0 fully saturated rings. The summed E-state index contributed by atoms with van der Waals surface area (Å²) in [6.45, 7) is -0.0136. The first-order chi connectivity index (χ1) is 6.38. The lowest BCUT2D eigenvalue weighted by Gasteiger charge is -2.08. The van der Waals surface area contributed by atoms with Gasteiger partial charge in [0, 0.05) is 5.69 Å². The maximum atomic E-state index is 12.8. The molecule has 0 radical (unpaired) electrons. The highest BCUT2D eigenvalue weighted by atomic mass is 19.4. The molecule has 0 bridgehead atoms. The molecule has 0 N–H and O–H groups in total. The van der Waals surface area contributed by atoms with Crippen LogP contribution in [-0.4, -0.2) is 17.8 Å². The molecule has 1 aromatic heterocycles. The fourth-order valence-electron chi connectivity index (χ4n) is 0.767. The zero-order chi connectivity index (χ0) is 10.8. The van der Waals surface area contributed by atoms with E-state index < -0.39 is 24.5 Å². The molecule has 0 aliphatic rings. The summed E-state index contributed by atoms with van der Waals surface area (Å²) >= 11 is 0. The standard InChI is InChI=1S/C8H7F4NO/c1-5-2-3-6(9)7(13-5)14-4-8(10,11)12/h2-3H,4H2,1H3. The number of rotatable bonds is 2. The lowest BCUT2D eigenvalue weighted by molar-refractivity contribution is -0.154. The smallest absolute Gasteiger partial charge is 0.422 e. The molecule has 0 aromatic carbocycles. The Labute approximate surface area is 77.5 Å². The van der Waals surface area contributed by atoms with E-state index in [1.165, 1.54) is 13.0 Å². The van der Waals surface area contributed by atoms with Crippen LogP contribution in [0.1, 0.15) is 5.69 Å². The van der Waals surface area contributed by atoms with Gasteiger partial charge in [0.05, 0.1) is 0 Å². The Kier molecular flexibility index (Phi) is 2.93. The van der Waals surface area contributed by atoms with Crippen molar-refractivity contribution in [2.45, 2.75) is 13.1 Å². The number of hydrogen-bond donors (Lipinski definition) is 0. The second kappa shape index (κ2) is 3.81. The highest BCUT2D eigenvalue weighted by Crippen LogP contribution is 2.19. The number of hydrogen-bond acceptors (Lipinski definition) is 2. The summed E-state index contributed by atoms with van der Waals surface area (Å²) in [5, 5.41) is 0. The third-order valence-electron chi connectivity index (χ3n) is 1.33. The average molecular weight is 209 g/mol. The molecular formula is C8H7F4NO. The molecule has 0 spiro atoms. The lowest BCUT2D eigenvalue weighted by Crippen LogP contribution is -2.20. The predicted octanol–water partition coefficient (Wildman–Crippen LogP) is 2.47. The molecule has 0 aliphatic carbocycles. The fraction of sp³-hybridized carbons (Fsp3) is 0.375. The second-order valence-corrected chi connectivity index (χ2v) is 2.64. The number of alkyl halides is 3. The van der Waals surface area contributed by atoms with E-state index in [1.54, 1.807) is 0 Å². The average Bonchev–Trinajstić information content (AvgIpc) is 2.05. The molecule has 1 aromatic rings. The summed E-state index contributed by atoms with van der Waals surface area (Å²) in [7, 11) is 0. The topological polar surface area (TPSA) is 22.1 Å².